The molecule has 0 aliphatic rings. The predicted octanol–water partition coefficient (Wildman–Crippen LogP) is 3.86. The summed E-state index contributed by atoms with van der Waals surface area (Å²) in [7, 11) is 0. The molecule has 0 atom stereocenters. The molecule has 0 amide bonds. The summed E-state index contributed by atoms with van der Waals surface area (Å²) in [5.41, 5.74) is 1.04. The molecule has 0 spiro atoms. The number of nitrogens with zero attached hydrogens (tertiary/aromatic N) is 2. The van der Waals surface area contributed by atoms with E-state index in [1.807, 2.05) is 30.3 Å². The van der Waals surface area contributed by atoms with Gasteiger partial charge < -0.3 is 4.90 Å². The van der Waals surface area contributed by atoms with Gasteiger partial charge in [0.2, 0.25) is 0 Å². The van der Waals surface area contributed by atoms with Gasteiger partial charge in [-0.15, -0.1) is 0 Å². The van der Waals surface area contributed by atoms with E-state index in [0.717, 1.165) is 24.6 Å². The van der Waals surface area contributed by atoms with Crippen LogP contribution in [0, 0.1) is 0 Å². The van der Waals surface area contributed by atoms with Gasteiger partial charge in [0, 0.05) is 13.1 Å². The molecular weight excluding hydrogens is 196 g/mol. The molecule has 1 aromatic carbocycles. The molecule has 0 unspecified atom stereocenters. The van der Waals surface area contributed by atoms with Crippen molar-refractivity contribution in [1.82, 2.24) is 4.90 Å². The third-order valence-electron chi connectivity index (χ3n) is 2.49. The topological polar surface area (TPSA) is 15.6 Å². The van der Waals surface area contributed by atoms with E-state index >= 15 is 0 Å². The Labute approximate surface area is 99.0 Å². The van der Waals surface area contributed by atoms with Crippen molar-refractivity contribution in [1.29, 1.82) is 0 Å². The molecule has 88 valence electrons. The van der Waals surface area contributed by atoms with Gasteiger partial charge in [0.05, 0.1) is 5.69 Å². The van der Waals surface area contributed by atoms with Crippen LogP contribution in [0.1, 0.15) is 33.6 Å². The second-order valence-electron chi connectivity index (χ2n) is 3.98. The summed E-state index contributed by atoms with van der Waals surface area (Å²) in [5.74, 6) is 1.12. The average Bonchev–Trinajstić information content (AvgIpc) is 2.30. The van der Waals surface area contributed by atoms with Gasteiger partial charge in [-0.2, -0.15) is 0 Å². The number of aliphatic imine (C=N–C) groups is 1. The van der Waals surface area contributed by atoms with Gasteiger partial charge in [0.15, 0.2) is 0 Å². The molecule has 0 heterocycles. The van der Waals surface area contributed by atoms with Crippen LogP contribution in [0.25, 0.3) is 0 Å². The number of benzene rings is 1. The highest BCUT2D eigenvalue weighted by atomic mass is 15.2. The Bertz CT molecular complexity index is 311. The Morgan fingerprint density at radius 1 is 1.06 bits per heavy atom. The van der Waals surface area contributed by atoms with Crippen molar-refractivity contribution < 1.29 is 0 Å². The summed E-state index contributed by atoms with van der Waals surface area (Å²) in [6.45, 7) is 8.70. The standard InChI is InChI=1S/C14H22N2/c1-4-11-16(12-5-2)13(3)15-14-9-7-6-8-10-14/h6-10H,4-5,11-12H2,1-3H3. The molecule has 0 fully saturated rings. The molecule has 0 aliphatic carbocycles. The van der Waals surface area contributed by atoms with E-state index in [-0.39, 0.29) is 0 Å². The zero-order valence-corrected chi connectivity index (χ0v) is 10.6. The zero-order chi connectivity index (χ0) is 11.8. The minimum absolute atomic E-state index is 1.04. The third-order valence-corrected chi connectivity index (χ3v) is 2.49. The van der Waals surface area contributed by atoms with Crippen molar-refractivity contribution in [3.8, 4) is 0 Å². The molecule has 0 aliphatic heterocycles. The number of amidine groups is 1. The van der Waals surface area contributed by atoms with Crippen LogP contribution in [-0.4, -0.2) is 23.8 Å². The fourth-order valence-corrected chi connectivity index (χ4v) is 1.74. The van der Waals surface area contributed by atoms with Gasteiger partial charge >= 0.3 is 0 Å². The largest absolute Gasteiger partial charge is 0.360 e. The highest BCUT2D eigenvalue weighted by Gasteiger charge is 2.03. The maximum absolute atomic E-state index is 4.64. The van der Waals surface area contributed by atoms with Gasteiger partial charge in [-0.05, 0) is 31.9 Å². The molecule has 2 heteroatoms. The van der Waals surface area contributed by atoms with E-state index in [1.165, 1.54) is 12.8 Å². The molecule has 0 N–H and O–H groups in total. The highest BCUT2D eigenvalue weighted by molar-refractivity contribution is 5.82. The van der Waals surface area contributed by atoms with Crippen LogP contribution in [0.5, 0.6) is 0 Å². The van der Waals surface area contributed by atoms with Gasteiger partial charge in [0.1, 0.15) is 5.84 Å². The number of hydrogen-bond donors (Lipinski definition) is 0. The minimum atomic E-state index is 1.04. The highest BCUT2D eigenvalue weighted by Crippen LogP contribution is 2.11. The van der Waals surface area contributed by atoms with Crippen molar-refractivity contribution in [2.45, 2.75) is 33.6 Å². The summed E-state index contributed by atoms with van der Waals surface area (Å²) in [6.07, 6.45) is 2.34. The van der Waals surface area contributed by atoms with Crippen molar-refractivity contribution in [2.75, 3.05) is 13.1 Å². The van der Waals surface area contributed by atoms with Crippen LogP contribution in [0.3, 0.4) is 0 Å². The van der Waals surface area contributed by atoms with Crippen molar-refractivity contribution in [3.05, 3.63) is 30.3 Å². The smallest absolute Gasteiger partial charge is 0.102 e. The number of hydrogen-bond acceptors (Lipinski definition) is 1. The van der Waals surface area contributed by atoms with Gasteiger partial charge in [-0.25, -0.2) is 4.99 Å². The van der Waals surface area contributed by atoms with E-state index in [2.05, 4.69) is 30.7 Å². The fraction of sp³-hybridized carbons (Fsp3) is 0.500. The van der Waals surface area contributed by atoms with E-state index in [0.29, 0.717) is 0 Å². The second-order valence-corrected chi connectivity index (χ2v) is 3.98. The summed E-state index contributed by atoms with van der Waals surface area (Å²) < 4.78 is 0. The van der Waals surface area contributed by atoms with Crippen LogP contribution >= 0.6 is 0 Å². The first-order valence-electron chi connectivity index (χ1n) is 6.13. The summed E-state index contributed by atoms with van der Waals surface area (Å²) in [6, 6.07) is 10.1. The molecule has 0 saturated carbocycles. The zero-order valence-electron chi connectivity index (χ0n) is 10.6. The fourth-order valence-electron chi connectivity index (χ4n) is 1.74. The van der Waals surface area contributed by atoms with Crippen LogP contribution in [0.4, 0.5) is 5.69 Å². The molecular formula is C14H22N2. The summed E-state index contributed by atoms with van der Waals surface area (Å²) in [5, 5.41) is 0. The maximum Gasteiger partial charge on any atom is 0.102 e. The molecule has 0 saturated heterocycles. The summed E-state index contributed by atoms with van der Waals surface area (Å²) >= 11 is 0. The third kappa shape index (κ3) is 4.05. The molecule has 1 aromatic rings. The van der Waals surface area contributed by atoms with E-state index in [1.54, 1.807) is 0 Å². The van der Waals surface area contributed by atoms with Crippen LogP contribution in [0.2, 0.25) is 0 Å². The van der Waals surface area contributed by atoms with Crippen LogP contribution < -0.4 is 0 Å². The predicted molar refractivity (Wildman–Crippen MR) is 71.4 cm³/mol. The first kappa shape index (κ1) is 12.8. The lowest BCUT2D eigenvalue weighted by Crippen LogP contribution is -2.30. The minimum Gasteiger partial charge on any atom is -0.360 e. The average molecular weight is 218 g/mol. The lowest BCUT2D eigenvalue weighted by atomic mass is 10.3. The Morgan fingerprint density at radius 3 is 2.12 bits per heavy atom. The molecule has 0 bridgehead atoms. The lowest BCUT2D eigenvalue weighted by molar-refractivity contribution is 0.415. The quantitative estimate of drug-likeness (QED) is 0.541. The molecule has 0 aromatic heterocycles. The Balaban J connectivity index is 2.73. The Morgan fingerprint density at radius 2 is 1.62 bits per heavy atom. The number of para-hydroxylation sites is 1. The van der Waals surface area contributed by atoms with Crippen molar-refractivity contribution >= 4 is 11.5 Å². The molecule has 0 radical (unpaired) electrons. The first-order chi connectivity index (χ1) is 7.77. The Kier molecular flexibility index (Phi) is 5.62. The second kappa shape index (κ2) is 7.04. The Hall–Kier alpha value is -1.31. The van der Waals surface area contributed by atoms with E-state index in [9.17, 15) is 0 Å². The summed E-state index contributed by atoms with van der Waals surface area (Å²) in [4.78, 5) is 6.99. The normalized spacial score (nSPS) is 11.6. The van der Waals surface area contributed by atoms with Crippen LogP contribution in [-0.2, 0) is 0 Å². The van der Waals surface area contributed by atoms with E-state index < -0.39 is 0 Å². The van der Waals surface area contributed by atoms with Gasteiger partial charge in [0.25, 0.3) is 0 Å². The SMILES string of the molecule is CCCN(CCC)C(C)=Nc1ccccc1. The van der Waals surface area contributed by atoms with Crippen molar-refractivity contribution in [3.63, 3.8) is 0 Å². The molecule has 2 nitrogen and oxygen atoms in total. The maximum atomic E-state index is 4.64. The van der Waals surface area contributed by atoms with E-state index in [4.69, 9.17) is 0 Å². The van der Waals surface area contributed by atoms with Crippen LogP contribution in [0.15, 0.2) is 35.3 Å². The first-order valence-corrected chi connectivity index (χ1v) is 6.13. The van der Waals surface area contributed by atoms with Crippen molar-refractivity contribution in [2.24, 2.45) is 4.99 Å². The van der Waals surface area contributed by atoms with Gasteiger partial charge in [-0.3, -0.25) is 0 Å². The number of rotatable bonds is 5. The molecule has 1 rings (SSSR count). The molecule has 16 heavy (non-hydrogen) atoms. The lowest BCUT2D eigenvalue weighted by Gasteiger charge is -2.23. The van der Waals surface area contributed by atoms with Gasteiger partial charge in [-0.1, -0.05) is 32.0 Å². The monoisotopic (exact) mass is 218 g/mol.